The predicted octanol–water partition coefficient (Wildman–Crippen LogP) is 3.32. The van der Waals surface area contributed by atoms with Crippen LogP contribution >= 0.6 is 0 Å². The lowest BCUT2D eigenvalue weighted by Gasteiger charge is -2.06. The second-order valence-electron chi connectivity index (χ2n) is 3.46. The third-order valence-corrected chi connectivity index (χ3v) is 2.26. The highest BCUT2D eigenvalue weighted by atomic mass is 16.5. The van der Waals surface area contributed by atoms with Crippen molar-refractivity contribution < 1.29 is 4.74 Å². The molecular weight excluding hydrogens is 148 g/mol. The zero-order chi connectivity index (χ0) is 8.65. The average molecular weight is 167 g/mol. The van der Waals surface area contributed by atoms with Crippen LogP contribution in [0.15, 0.2) is 12.3 Å². The highest BCUT2D eigenvalue weighted by Crippen LogP contribution is 2.23. The van der Waals surface area contributed by atoms with Gasteiger partial charge in [-0.15, -0.1) is 0 Å². The van der Waals surface area contributed by atoms with Gasteiger partial charge >= 0.3 is 0 Å². The molecule has 0 heterocycles. The molecule has 0 amide bonds. The van der Waals surface area contributed by atoms with Gasteiger partial charge < -0.3 is 4.74 Å². The minimum atomic E-state index is 0.788. The molecule has 1 rings (SSSR count). The Labute approximate surface area is 75.8 Å². The molecule has 0 aromatic carbocycles. The molecule has 1 aliphatic rings. The van der Waals surface area contributed by atoms with Crippen LogP contribution in [0.1, 0.15) is 39.0 Å². The first-order valence-electron chi connectivity index (χ1n) is 5.01. The summed E-state index contributed by atoms with van der Waals surface area (Å²) in [6.45, 7) is 3.09. The molecule has 1 radical (unpaired) electrons. The highest BCUT2D eigenvalue weighted by Gasteiger charge is 2.14. The topological polar surface area (TPSA) is 9.23 Å². The van der Waals surface area contributed by atoms with E-state index in [1.54, 1.807) is 0 Å². The largest absolute Gasteiger partial charge is 0.501 e. The summed E-state index contributed by atoms with van der Waals surface area (Å²) < 4.78 is 5.42. The third-order valence-electron chi connectivity index (χ3n) is 2.26. The van der Waals surface area contributed by atoms with Gasteiger partial charge in [-0.05, 0) is 44.1 Å². The van der Waals surface area contributed by atoms with E-state index in [0.29, 0.717) is 0 Å². The summed E-state index contributed by atoms with van der Waals surface area (Å²) in [7, 11) is 0. The Balaban J connectivity index is 1.94. The van der Waals surface area contributed by atoms with Crippen molar-refractivity contribution in [2.75, 3.05) is 6.61 Å². The first kappa shape index (κ1) is 9.63. The third kappa shape index (κ3) is 3.80. The van der Waals surface area contributed by atoms with Crippen LogP contribution in [-0.4, -0.2) is 6.61 Å². The van der Waals surface area contributed by atoms with Crippen LogP contribution in [0.2, 0.25) is 0 Å². The SMILES string of the molecule is CCCC=COCC1C[CH]CC1. The van der Waals surface area contributed by atoms with Crippen LogP contribution in [0.25, 0.3) is 0 Å². The fourth-order valence-electron chi connectivity index (χ4n) is 1.47. The maximum Gasteiger partial charge on any atom is 0.0901 e. The van der Waals surface area contributed by atoms with Gasteiger partial charge in [0.2, 0.25) is 0 Å². The average Bonchev–Trinajstić information content (AvgIpc) is 2.57. The lowest BCUT2D eigenvalue weighted by Crippen LogP contribution is -2.01. The fraction of sp³-hybridized carbons (Fsp3) is 0.727. The molecule has 12 heavy (non-hydrogen) atoms. The number of ether oxygens (including phenoxy) is 1. The van der Waals surface area contributed by atoms with E-state index in [4.69, 9.17) is 4.74 Å². The van der Waals surface area contributed by atoms with E-state index in [9.17, 15) is 0 Å². The van der Waals surface area contributed by atoms with Crippen LogP contribution in [0.3, 0.4) is 0 Å². The van der Waals surface area contributed by atoms with Crippen LogP contribution in [0.4, 0.5) is 0 Å². The van der Waals surface area contributed by atoms with E-state index in [0.717, 1.165) is 18.9 Å². The molecule has 0 bridgehead atoms. The standard InChI is InChI=1S/C11H19O/c1-2-3-6-9-12-10-11-7-4-5-8-11/h4,6,9,11H,2-3,5,7-8,10H2,1H3. The first-order chi connectivity index (χ1) is 5.93. The van der Waals surface area contributed by atoms with Crippen molar-refractivity contribution in [1.29, 1.82) is 0 Å². The molecule has 1 nitrogen and oxygen atoms in total. The van der Waals surface area contributed by atoms with E-state index in [-0.39, 0.29) is 0 Å². The highest BCUT2D eigenvalue weighted by molar-refractivity contribution is 4.81. The molecule has 1 unspecified atom stereocenters. The summed E-state index contributed by atoms with van der Waals surface area (Å²) in [4.78, 5) is 0. The van der Waals surface area contributed by atoms with E-state index < -0.39 is 0 Å². The number of allylic oxidation sites excluding steroid dienone is 1. The minimum Gasteiger partial charge on any atom is -0.501 e. The lowest BCUT2D eigenvalue weighted by molar-refractivity contribution is 0.197. The molecule has 0 N–H and O–H groups in total. The molecule has 0 aromatic heterocycles. The summed E-state index contributed by atoms with van der Waals surface area (Å²) in [5, 5.41) is 0. The second kappa shape index (κ2) is 6.10. The van der Waals surface area contributed by atoms with Crippen molar-refractivity contribution in [2.45, 2.75) is 39.0 Å². The Kier molecular flexibility index (Phi) is 4.89. The molecule has 0 spiro atoms. The number of hydrogen-bond donors (Lipinski definition) is 0. The summed E-state index contributed by atoms with van der Waals surface area (Å²) in [5.74, 6) is 0.788. The fourth-order valence-corrected chi connectivity index (χ4v) is 1.47. The van der Waals surface area contributed by atoms with Crippen molar-refractivity contribution in [3.8, 4) is 0 Å². The maximum atomic E-state index is 5.42. The van der Waals surface area contributed by atoms with Crippen molar-refractivity contribution in [3.63, 3.8) is 0 Å². The molecule has 0 aliphatic heterocycles. The van der Waals surface area contributed by atoms with Gasteiger partial charge in [-0.3, -0.25) is 0 Å². The van der Waals surface area contributed by atoms with Gasteiger partial charge in [0.25, 0.3) is 0 Å². The normalized spacial score (nSPS) is 19.1. The smallest absolute Gasteiger partial charge is 0.0901 e. The van der Waals surface area contributed by atoms with Gasteiger partial charge in [0.05, 0.1) is 12.9 Å². The molecule has 1 heteroatoms. The van der Waals surface area contributed by atoms with Gasteiger partial charge in [-0.2, -0.15) is 0 Å². The quantitative estimate of drug-likeness (QED) is 0.571. The van der Waals surface area contributed by atoms with Crippen molar-refractivity contribution in [3.05, 3.63) is 18.8 Å². The van der Waals surface area contributed by atoms with E-state index in [1.807, 2.05) is 6.26 Å². The Bertz CT molecular complexity index is 123. The van der Waals surface area contributed by atoms with Gasteiger partial charge in [-0.25, -0.2) is 0 Å². The Hall–Kier alpha value is -0.460. The van der Waals surface area contributed by atoms with Crippen molar-refractivity contribution >= 4 is 0 Å². The maximum absolute atomic E-state index is 5.42. The first-order valence-corrected chi connectivity index (χ1v) is 5.01. The molecule has 0 aromatic rings. The Morgan fingerprint density at radius 1 is 1.58 bits per heavy atom. The molecule has 1 fully saturated rings. The van der Waals surface area contributed by atoms with Crippen molar-refractivity contribution in [1.82, 2.24) is 0 Å². The van der Waals surface area contributed by atoms with Gasteiger partial charge in [0.1, 0.15) is 0 Å². The molecular formula is C11H19O. The summed E-state index contributed by atoms with van der Waals surface area (Å²) >= 11 is 0. The van der Waals surface area contributed by atoms with E-state index >= 15 is 0 Å². The second-order valence-corrected chi connectivity index (χ2v) is 3.46. The molecule has 0 saturated heterocycles. The van der Waals surface area contributed by atoms with Crippen LogP contribution in [0.5, 0.6) is 0 Å². The molecule has 1 saturated carbocycles. The lowest BCUT2D eigenvalue weighted by atomic mass is 10.1. The van der Waals surface area contributed by atoms with Gasteiger partial charge in [-0.1, -0.05) is 13.3 Å². The minimum absolute atomic E-state index is 0.788. The zero-order valence-corrected chi connectivity index (χ0v) is 7.96. The number of hydrogen-bond acceptors (Lipinski definition) is 1. The van der Waals surface area contributed by atoms with Crippen LogP contribution in [0, 0.1) is 12.3 Å². The zero-order valence-electron chi connectivity index (χ0n) is 7.96. The summed E-state index contributed by atoms with van der Waals surface area (Å²) in [5.41, 5.74) is 0. The van der Waals surface area contributed by atoms with Crippen LogP contribution in [-0.2, 0) is 4.74 Å². The number of rotatable bonds is 5. The van der Waals surface area contributed by atoms with Gasteiger partial charge in [0.15, 0.2) is 0 Å². The molecule has 1 atom stereocenters. The van der Waals surface area contributed by atoms with E-state index in [1.165, 1.54) is 25.7 Å². The van der Waals surface area contributed by atoms with Crippen molar-refractivity contribution in [2.24, 2.45) is 5.92 Å². The van der Waals surface area contributed by atoms with Crippen LogP contribution < -0.4 is 0 Å². The Morgan fingerprint density at radius 2 is 2.50 bits per heavy atom. The molecule has 1 aliphatic carbocycles. The monoisotopic (exact) mass is 167 g/mol. The van der Waals surface area contributed by atoms with Gasteiger partial charge in [0, 0.05) is 0 Å². The summed E-state index contributed by atoms with van der Waals surface area (Å²) in [6.07, 6.45) is 12.5. The Morgan fingerprint density at radius 3 is 3.17 bits per heavy atom. The predicted molar refractivity (Wildman–Crippen MR) is 51.6 cm³/mol. The number of unbranched alkanes of at least 4 members (excludes halogenated alkanes) is 1. The summed E-state index contributed by atoms with van der Waals surface area (Å²) in [6, 6.07) is 0. The molecule has 69 valence electrons. The van der Waals surface area contributed by atoms with E-state index in [2.05, 4.69) is 19.4 Å².